The maximum Gasteiger partial charge on any atom is 0.359 e. The molecule has 0 aliphatic carbocycles. The highest BCUT2D eigenvalue weighted by Gasteiger charge is 2.23. The number of carbonyl (C=O) groups is 1. The molecule has 0 spiro atoms. The van der Waals surface area contributed by atoms with E-state index in [1.807, 2.05) is 91.9 Å². The van der Waals surface area contributed by atoms with E-state index in [1.165, 1.54) is 4.68 Å². The quantitative estimate of drug-likeness (QED) is 0.199. The molecule has 0 radical (unpaired) electrons. The SMILES string of the molecule is C.CCOC(=O)c1c(Cc2ccc(OCCc3nc(-c4ccccc4)oc3C)cc2)nnn1-c1ccccc1. The van der Waals surface area contributed by atoms with Crippen LogP contribution in [0, 0.1) is 6.92 Å². The zero-order valence-electron chi connectivity index (χ0n) is 21.3. The first-order valence-corrected chi connectivity index (χ1v) is 12.5. The summed E-state index contributed by atoms with van der Waals surface area (Å²) in [6, 6.07) is 27.0. The highest BCUT2D eigenvalue weighted by Crippen LogP contribution is 2.23. The summed E-state index contributed by atoms with van der Waals surface area (Å²) in [5.41, 5.74) is 4.44. The van der Waals surface area contributed by atoms with Crippen LogP contribution in [-0.4, -0.2) is 39.2 Å². The van der Waals surface area contributed by atoms with Gasteiger partial charge in [0.25, 0.3) is 0 Å². The average Bonchev–Trinajstić information content (AvgIpc) is 3.54. The number of hydrogen-bond acceptors (Lipinski definition) is 7. The fraction of sp³-hybridized carbons (Fsp3) is 0.226. The number of rotatable bonds is 10. The van der Waals surface area contributed by atoms with Gasteiger partial charge in [0.05, 0.1) is 24.6 Å². The van der Waals surface area contributed by atoms with E-state index in [0.29, 0.717) is 36.7 Å². The summed E-state index contributed by atoms with van der Waals surface area (Å²) >= 11 is 0. The molecule has 0 aliphatic rings. The summed E-state index contributed by atoms with van der Waals surface area (Å²) in [5.74, 6) is 1.71. The standard InChI is InChI=1S/C30H28N4O4.CH4/c1-3-36-30(35)28-27(32-33-34(28)24-12-8-5-9-13-24)20-22-14-16-25(17-15-22)37-19-18-26-21(2)38-29(31-26)23-10-6-4-7-11-23;/h4-17H,3,18-20H2,1-2H3;1H4. The monoisotopic (exact) mass is 524 g/mol. The molecular formula is C31H32N4O4. The Balaban J connectivity index is 0.00000353. The molecule has 5 rings (SSSR count). The van der Waals surface area contributed by atoms with Crippen molar-refractivity contribution in [2.24, 2.45) is 0 Å². The molecule has 0 unspecified atom stereocenters. The van der Waals surface area contributed by atoms with E-state index in [-0.39, 0.29) is 14.0 Å². The van der Waals surface area contributed by atoms with Crippen LogP contribution in [0.25, 0.3) is 17.1 Å². The van der Waals surface area contributed by atoms with Crippen LogP contribution < -0.4 is 4.74 Å². The number of aromatic nitrogens is 4. The topological polar surface area (TPSA) is 92.3 Å². The van der Waals surface area contributed by atoms with E-state index in [1.54, 1.807) is 6.92 Å². The molecule has 2 heterocycles. The number of para-hydroxylation sites is 1. The molecule has 5 aromatic rings. The van der Waals surface area contributed by atoms with Crippen LogP contribution >= 0.6 is 0 Å². The summed E-state index contributed by atoms with van der Waals surface area (Å²) in [4.78, 5) is 17.4. The third kappa shape index (κ3) is 6.41. The fourth-order valence-corrected chi connectivity index (χ4v) is 4.11. The lowest BCUT2D eigenvalue weighted by Gasteiger charge is -2.08. The van der Waals surface area contributed by atoms with Crippen molar-refractivity contribution in [3.05, 3.63) is 113 Å². The van der Waals surface area contributed by atoms with E-state index >= 15 is 0 Å². The van der Waals surface area contributed by atoms with Crippen LogP contribution in [0.1, 0.15) is 47.6 Å². The predicted octanol–water partition coefficient (Wildman–Crippen LogP) is 6.26. The molecule has 0 bridgehead atoms. The first-order chi connectivity index (χ1) is 18.6. The van der Waals surface area contributed by atoms with Gasteiger partial charge in [-0.05, 0) is 55.8 Å². The van der Waals surface area contributed by atoms with Crippen molar-refractivity contribution in [2.45, 2.75) is 34.1 Å². The lowest BCUT2D eigenvalue weighted by atomic mass is 10.1. The second kappa shape index (κ2) is 12.7. The number of esters is 1. The fourth-order valence-electron chi connectivity index (χ4n) is 4.11. The summed E-state index contributed by atoms with van der Waals surface area (Å²) in [6.07, 6.45) is 1.07. The molecule has 8 nitrogen and oxygen atoms in total. The molecule has 8 heteroatoms. The van der Waals surface area contributed by atoms with E-state index in [0.717, 1.165) is 34.0 Å². The Morgan fingerprint density at radius 2 is 1.62 bits per heavy atom. The maximum absolute atomic E-state index is 12.8. The van der Waals surface area contributed by atoms with Crippen LogP contribution in [0.4, 0.5) is 0 Å². The number of oxazole rings is 1. The molecule has 0 fully saturated rings. The molecule has 39 heavy (non-hydrogen) atoms. The van der Waals surface area contributed by atoms with Crippen LogP contribution in [0.3, 0.4) is 0 Å². The van der Waals surface area contributed by atoms with E-state index < -0.39 is 5.97 Å². The van der Waals surface area contributed by atoms with Crippen molar-refractivity contribution in [1.82, 2.24) is 20.0 Å². The minimum atomic E-state index is -0.449. The number of hydrogen-bond donors (Lipinski definition) is 0. The molecule has 0 N–H and O–H groups in total. The Morgan fingerprint density at radius 1 is 0.923 bits per heavy atom. The molecule has 0 saturated carbocycles. The van der Waals surface area contributed by atoms with Gasteiger partial charge < -0.3 is 13.9 Å². The van der Waals surface area contributed by atoms with Crippen molar-refractivity contribution >= 4 is 5.97 Å². The summed E-state index contributed by atoms with van der Waals surface area (Å²) < 4.78 is 18.6. The van der Waals surface area contributed by atoms with Gasteiger partial charge in [0.2, 0.25) is 5.89 Å². The van der Waals surface area contributed by atoms with Crippen molar-refractivity contribution < 1.29 is 18.7 Å². The minimum absolute atomic E-state index is 0. The Labute approximate surface area is 228 Å². The second-order valence-corrected chi connectivity index (χ2v) is 8.66. The van der Waals surface area contributed by atoms with Gasteiger partial charge in [0.1, 0.15) is 17.2 Å². The van der Waals surface area contributed by atoms with Crippen LogP contribution in [0.2, 0.25) is 0 Å². The van der Waals surface area contributed by atoms with Gasteiger partial charge in [-0.25, -0.2) is 14.5 Å². The van der Waals surface area contributed by atoms with Crippen LogP contribution in [-0.2, 0) is 17.6 Å². The second-order valence-electron chi connectivity index (χ2n) is 8.66. The molecule has 0 saturated heterocycles. The highest BCUT2D eigenvalue weighted by atomic mass is 16.5. The van der Waals surface area contributed by atoms with Gasteiger partial charge in [0, 0.05) is 18.4 Å². The molecule has 3 aromatic carbocycles. The van der Waals surface area contributed by atoms with Gasteiger partial charge in [-0.15, -0.1) is 5.10 Å². The van der Waals surface area contributed by atoms with Crippen molar-refractivity contribution in [2.75, 3.05) is 13.2 Å². The Morgan fingerprint density at radius 3 is 2.31 bits per heavy atom. The van der Waals surface area contributed by atoms with E-state index in [4.69, 9.17) is 13.9 Å². The van der Waals surface area contributed by atoms with Gasteiger partial charge >= 0.3 is 5.97 Å². The van der Waals surface area contributed by atoms with Crippen molar-refractivity contribution in [3.8, 4) is 22.9 Å². The number of ether oxygens (including phenoxy) is 2. The first-order valence-electron chi connectivity index (χ1n) is 12.5. The largest absolute Gasteiger partial charge is 0.493 e. The van der Waals surface area contributed by atoms with Gasteiger partial charge in [-0.3, -0.25) is 0 Å². The zero-order valence-corrected chi connectivity index (χ0v) is 21.3. The Bertz CT molecular complexity index is 1490. The third-order valence-electron chi connectivity index (χ3n) is 6.03. The number of aryl methyl sites for hydroxylation is 1. The third-order valence-corrected chi connectivity index (χ3v) is 6.03. The molecule has 0 aliphatic heterocycles. The van der Waals surface area contributed by atoms with Crippen molar-refractivity contribution in [1.29, 1.82) is 0 Å². The zero-order chi connectivity index (χ0) is 26.3. The number of carbonyl (C=O) groups excluding carboxylic acids is 1. The van der Waals surface area contributed by atoms with Crippen molar-refractivity contribution in [3.63, 3.8) is 0 Å². The number of nitrogens with zero attached hydrogens (tertiary/aromatic N) is 4. The maximum atomic E-state index is 12.8. The molecule has 0 amide bonds. The molecule has 0 atom stereocenters. The Kier molecular flexibility index (Phi) is 8.89. The van der Waals surface area contributed by atoms with E-state index in [2.05, 4.69) is 15.3 Å². The lowest BCUT2D eigenvalue weighted by Crippen LogP contribution is -2.14. The number of benzene rings is 3. The van der Waals surface area contributed by atoms with Gasteiger partial charge in [-0.2, -0.15) is 0 Å². The molecular weight excluding hydrogens is 492 g/mol. The van der Waals surface area contributed by atoms with Crippen LogP contribution in [0.15, 0.2) is 89.3 Å². The summed E-state index contributed by atoms with van der Waals surface area (Å²) in [7, 11) is 0. The lowest BCUT2D eigenvalue weighted by molar-refractivity contribution is 0.0514. The van der Waals surface area contributed by atoms with Gasteiger partial charge in [0.15, 0.2) is 5.69 Å². The summed E-state index contributed by atoms with van der Waals surface area (Å²) in [6.45, 7) is 4.44. The smallest absolute Gasteiger partial charge is 0.359 e. The van der Waals surface area contributed by atoms with Gasteiger partial charge in [-0.1, -0.05) is 61.2 Å². The highest BCUT2D eigenvalue weighted by molar-refractivity contribution is 5.89. The Hall–Kier alpha value is -4.72. The van der Waals surface area contributed by atoms with E-state index in [9.17, 15) is 4.79 Å². The molecule has 200 valence electrons. The predicted molar refractivity (Wildman–Crippen MR) is 149 cm³/mol. The normalized spacial score (nSPS) is 10.6. The minimum Gasteiger partial charge on any atom is -0.493 e. The van der Waals surface area contributed by atoms with Crippen LogP contribution in [0.5, 0.6) is 5.75 Å². The summed E-state index contributed by atoms with van der Waals surface area (Å²) in [5, 5.41) is 8.52. The molecule has 2 aromatic heterocycles. The average molecular weight is 525 g/mol. The first kappa shape index (κ1) is 27.3.